The number of aliphatic hydroxyl groups is 1. The number of aromatic nitrogens is 2. The van der Waals surface area contributed by atoms with E-state index in [1.165, 1.54) is 35.2 Å². The van der Waals surface area contributed by atoms with Gasteiger partial charge >= 0.3 is 0 Å². The molecule has 1 aromatic heterocycles. The lowest BCUT2D eigenvalue weighted by molar-refractivity contribution is 0.123. The Morgan fingerprint density at radius 2 is 1.96 bits per heavy atom. The molecule has 1 atom stereocenters. The summed E-state index contributed by atoms with van der Waals surface area (Å²) in [6.07, 6.45) is -0.740. The summed E-state index contributed by atoms with van der Waals surface area (Å²) in [5.74, 6) is 0.0774. The Kier molecular flexibility index (Phi) is 6.43. The first-order valence-corrected chi connectivity index (χ1v) is 9.76. The van der Waals surface area contributed by atoms with E-state index >= 15 is 0 Å². The van der Waals surface area contributed by atoms with Crippen molar-refractivity contribution >= 4 is 33.9 Å². The highest BCUT2D eigenvalue weighted by atomic mass is 32.2. The minimum absolute atomic E-state index is 0.0149. The Bertz CT molecular complexity index is 860. The number of thioether (sulfide) groups is 1. The molecule has 0 unspecified atom stereocenters. The molecule has 0 fully saturated rings. The molecular formula is C18H18FN3O2S2. The summed E-state index contributed by atoms with van der Waals surface area (Å²) in [4.78, 5) is 0. The van der Waals surface area contributed by atoms with Crippen LogP contribution in [0.5, 0.6) is 5.75 Å². The van der Waals surface area contributed by atoms with Crippen LogP contribution in [0.3, 0.4) is 0 Å². The predicted octanol–water partition coefficient (Wildman–Crippen LogP) is 4.26. The van der Waals surface area contributed by atoms with Crippen molar-refractivity contribution in [3.8, 4) is 5.75 Å². The molecule has 136 valence electrons. The highest BCUT2D eigenvalue weighted by molar-refractivity contribution is 8.01. The molecule has 3 aromatic rings. The van der Waals surface area contributed by atoms with Crippen molar-refractivity contribution in [3.63, 3.8) is 0 Å². The SMILES string of the molecule is Cc1ccccc1Nc1nnc(SC[C@@H](O)COc2ccccc2F)s1. The molecule has 2 N–H and O–H groups in total. The zero-order valence-corrected chi connectivity index (χ0v) is 15.7. The number of aliphatic hydroxyl groups excluding tert-OH is 1. The first-order valence-electron chi connectivity index (χ1n) is 7.96. The third-order valence-corrected chi connectivity index (χ3v) is 5.58. The molecule has 0 bridgehead atoms. The smallest absolute Gasteiger partial charge is 0.210 e. The van der Waals surface area contributed by atoms with Gasteiger partial charge in [-0.2, -0.15) is 0 Å². The van der Waals surface area contributed by atoms with Crippen LogP contribution >= 0.6 is 23.1 Å². The maximum atomic E-state index is 13.5. The van der Waals surface area contributed by atoms with Gasteiger partial charge in [-0.25, -0.2) is 4.39 Å². The standard InChI is InChI=1S/C18H18FN3O2S2/c1-12-6-2-4-8-15(12)20-17-21-22-18(26-17)25-11-13(23)10-24-16-9-5-3-7-14(16)19/h2-9,13,23H,10-11H2,1H3,(H,20,21)/t13-/m0/s1. The summed E-state index contributed by atoms with van der Waals surface area (Å²) in [5.41, 5.74) is 2.11. The second kappa shape index (κ2) is 8.98. The highest BCUT2D eigenvalue weighted by Crippen LogP contribution is 2.29. The van der Waals surface area contributed by atoms with E-state index in [0.717, 1.165) is 15.6 Å². The lowest BCUT2D eigenvalue weighted by Crippen LogP contribution is -2.20. The maximum absolute atomic E-state index is 13.5. The fraction of sp³-hybridized carbons (Fsp3) is 0.222. The van der Waals surface area contributed by atoms with Gasteiger partial charge in [0.15, 0.2) is 15.9 Å². The van der Waals surface area contributed by atoms with Crippen LogP contribution in [0.15, 0.2) is 52.9 Å². The molecular weight excluding hydrogens is 373 g/mol. The van der Waals surface area contributed by atoms with Crippen LogP contribution < -0.4 is 10.1 Å². The molecule has 0 saturated carbocycles. The number of hydrogen-bond acceptors (Lipinski definition) is 7. The molecule has 2 aromatic carbocycles. The Morgan fingerprint density at radius 3 is 2.77 bits per heavy atom. The van der Waals surface area contributed by atoms with Gasteiger partial charge in [0.1, 0.15) is 6.61 Å². The van der Waals surface area contributed by atoms with Crippen LogP contribution in [0.2, 0.25) is 0 Å². The predicted molar refractivity (Wildman–Crippen MR) is 103 cm³/mol. The number of para-hydroxylation sites is 2. The second-order valence-corrected chi connectivity index (χ2v) is 7.76. The van der Waals surface area contributed by atoms with E-state index in [9.17, 15) is 9.50 Å². The van der Waals surface area contributed by atoms with E-state index in [2.05, 4.69) is 15.5 Å². The lowest BCUT2D eigenvalue weighted by atomic mass is 10.2. The van der Waals surface area contributed by atoms with E-state index in [4.69, 9.17) is 4.74 Å². The van der Waals surface area contributed by atoms with Crippen molar-refractivity contribution in [2.24, 2.45) is 0 Å². The largest absolute Gasteiger partial charge is 0.488 e. The van der Waals surface area contributed by atoms with Crippen molar-refractivity contribution in [1.29, 1.82) is 0 Å². The van der Waals surface area contributed by atoms with Crippen molar-refractivity contribution < 1.29 is 14.2 Å². The van der Waals surface area contributed by atoms with E-state index < -0.39 is 11.9 Å². The summed E-state index contributed by atoms with van der Waals surface area (Å²) in [7, 11) is 0. The minimum Gasteiger partial charge on any atom is -0.488 e. The fourth-order valence-electron chi connectivity index (χ4n) is 2.11. The Hall–Kier alpha value is -2.16. The zero-order chi connectivity index (χ0) is 18.4. The fourth-order valence-corrected chi connectivity index (χ4v) is 3.81. The van der Waals surface area contributed by atoms with Gasteiger partial charge < -0.3 is 15.2 Å². The summed E-state index contributed by atoms with van der Waals surface area (Å²) < 4.78 is 19.5. The van der Waals surface area contributed by atoms with Gasteiger partial charge in [0.25, 0.3) is 0 Å². The molecule has 0 amide bonds. The van der Waals surface area contributed by atoms with Crippen LogP contribution in [-0.2, 0) is 0 Å². The summed E-state index contributed by atoms with van der Waals surface area (Å²) >= 11 is 2.80. The molecule has 0 spiro atoms. The van der Waals surface area contributed by atoms with Crippen molar-refractivity contribution in [2.75, 3.05) is 17.7 Å². The zero-order valence-electron chi connectivity index (χ0n) is 14.1. The van der Waals surface area contributed by atoms with Gasteiger partial charge in [0.05, 0.1) is 6.10 Å². The number of aryl methyl sites for hydroxylation is 1. The number of hydrogen-bond donors (Lipinski definition) is 2. The van der Waals surface area contributed by atoms with Crippen molar-refractivity contribution in [2.45, 2.75) is 17.4 Å². The third-order valence-electron chi connectivity index (χ3n) is 3.46. The Labute approximate surface area is 159 Å². The number of halogens is 1. The van der Waals surface area contributed by atoms with E-state index in [1.807, 2.05) is 31.2 Å². The summed E-state index contributed by atoms with van der Waals surface area (Å²) in [6, 6.07) is 14.1. The molecule has 1 heterocycles. The molecule has 0 aliphatic carbocycles. The maximum Gasteiger partial charge on any atom is 0.210 e. The monoisotopic (exact) mass is 391 g/mol. The van der Waals surface area contributed by atoms with E-state index in [0.29, 0.717) is 10.9 Å². The first kappa shape index (κ1) is 18.6. The average molecular weight is 391 g/mol. The van der Waals surface area contributed by atoms with Gasteiger partial charge in [-0.3, -0.25) is 0 Å². The van der Waals surface area contributed by atoms with Gasteiger partial charge in [-0.15, -0.1) is 10.2 Å². The van der Waals surface area contributed by atoms with Gasteiger partial charge in [-0.1, -0.05) is 53.4 Å². The number of nitrogens with one attached hydrogen (secondary N) is 1. The topological polar surface area (TPSA) is 67.3 Å². The molecule has 0 aliphatic rings. The van der Waals surface area contributed by atoms with Gasteiger partial charge in [-0.05, 0) is 30.7 Å². The lowest BCUT2D eigenvalue weighted by Gasteiger charge is -2.11. The number of benzene rings is 2. The van der Waals surface area contributed by atoms with Gasteiger partial charge in [0, 0.05) is 11.4 Å². The average Bonchev–Trinajstić information content (AvgIpc) is 3.09. The number of rotatable bonds is 8. The molecule has 26 heavy (non-hydrogen) atoms. The molecule has 0 aliphatic heterocycles. The van der Waals surface area contributed by atoms with Crippen molar-refractivity contribution in [3.05, 3.63) is 59.9 Å². The van der Waals surface area contributed by atoms with E-state index in [1.54, 1.807) is 12.1 Å². The normalized spacial score (nSPS) is 12.0. The van der Waals surface area contributed by atoms with Crippen LogP contribution in [-0.4, -0.2) is 33.8 Å². The molecule has 0 radical (unpaired) electrons. The molecule has 8 heteroatoms. The van der Waals surface area contributed by atoms with Crippen molar-refractivity contribution in [1.82, 2.24) is 10.2 Å². The van der Waals surface area contributed by atoms with Crippen LogP contribution in [0.25, 0.3) is 0 Å². The molecule has 0 saturated heterocycles. The Balaban J connectivity index is 1.47. The number of anilines is 2. The second-order valence-electron chi connectivity index (χ2n) is 5.52. The van der Waals surface area contributed by atoms with Gasteiger partial charge in [0.2, 0.25) is 5.13 Å². The minimum atomic E-state index is -0.740. The number of ether oxygens (including phenoxy) is 1. The quantitative estimate of drug-likeness (QED) is 0.559. The highest BCUT2D eigenvalue weighted by Gasteiger charge is 2.11. The summed E-state index contributed by atoms with van der Waals surface area (Å²) in [6.45, 7) is 2.03. The number of nitrogens with zero attached hydrogens (tertiary/aromatic N) is 2. The first-order chi connectivity index (χ1) is 12.6. The van der Waals surface area contributed by atoms with E-state index in [-0.39, 0.29) is 12.4 Å². The van der Waals surface area contributed by atoms with Crippen LogP contribution in [0.1, 0.15) is 5.56 Å². The van der Waals surface area contributed by atoms with Crippen LogP contribution in [0.4, 0.5) is 15.2 Å². The molecule has 3 rings (SSSR count). The Morgan fingerprint density at radius 1 is 1.19 bits per heavy atom. The summed E-state index contributed by atoms with van der Waals surface area (Å²) in [5, 5.41) is 22.2. The third kappa shape index (κ3) is 5.17. The van der Waals surface area contributed by atoms with Crippen LogP contribution in [0, 0.1) is 12.7 Å². The molecule has 5 nitrogen and oxygen atoms in total.